The Labute approximate surface area is 120 Å². The van der Waals surface area contributed by atoms with E-state index < -0.39 is 12.4 Å². The van der Waals surface area contributed by atoms with Crippen molar-refractivity contribution in [1.29, 1.82) is 0 Å². The van der Waals surface area contributed by atoms with Gasteiger partial charge >= 0.3 is 12.4 Å². The number of amides is 2. The van der Waals surface area contributed by atoms with Crippen LogP contribution in [0.3, 0.4) is 0 Å². The molecule has 21 heavy (non-hydrogen) atoms. The zero-order chi connectivity index (χ0) is 15.3. The zero-order valence-corrected chi connectivity index (χ0v) is 11.1. The minimum absolute atomic E-state index is 0.347. The lowest BCUT2D eigenvalue weighted by molar-refractivity contribution is -0.274. The number of hydrogen-bond acceptors (Lipinski definition) is 5. The first kappa shape index (κ1) is 14.9. The molecule has 6 nitrogen and oxygen atoms in total. The normalized spacial score (nSPS) is 10.8. The Bertz CT molecular complexity index is 587. The molecule has 2 rings (SSSR count). The van der Waals surface area contributed by atoms with E-state index in [1.54, 1.807) is 5.38 Å². The average molecular weight is 318 g/mol. The fraction of sp³-hybridized carbons (Fsp3) is 0.0909. The van der Waals surface area contributed by atoms with Gasteiger partial charge in [0.15, 0.2) is 5.13 Å². The summed E-state index contributed by atoms with van der Waals surface area (Å²) in [5, 5.41) is 4.57. The van der Waals surface area contributed by atoms with Crippen LogP contribution >= 0.6 is 11.3 Å². The van der Waals surface area contributed by atoms with Gasteiger partial charge < -0.3 is 4.74 Å². The van der Waals surface area contributed by atoms with E-state index in [0.29, 0.717) is 10.8 Å². The second kappa shape index (κ2) is 6.31. The number of carbonyl (C=O) groups excluding carboxylic acids is 1. The number of benzene rings is 1. The minimum atomic E-state index is -4.74. The summed E-state index contributed by atoms with van der Waals surface area (Å²) in [6.45, 7) is 0. The molecule has 0 saturated carbocycles. The van der Waals surface area contributed by atoms with E-state index in [2.05, 4.69) is 25.9 Å². The van der Waals surface area contributed by atoms with Crippen molar-refractivity contribution in [2.24, 2.45) is 0 Å². The molecule has 0 atom stereocenters. The second-order valence-electron chi connectivity index (χ2n) is 3.61. The van der Waals surface area contributed by atoms with Crippen LogP contribution in [0.5, 0.6) is 5.75 Å². The smallest absolute Gasteiger partial charge is 0.406 e. The molecule has 3 N–H and O–H groups in total. The Kier molecular flexibility index (Phi) is 4.48. The van der Waals surface area contributed by atoms with Gasteiger partial charge in [0.25, 0.3) is 0 Å². The van der Waals surface area contributed by atoms with Crippen LogP contribution in [0.1, 0.15) is 0 Å². The molecule has 0 bridgehead atoms. The number of rotatable bonds is 4. The van der Waals surface area contributed by atoms with Crippen LogP contribution in [0.25, 0.3) is 0 Å². The lowest BCUT2D eigenvalue weighted by Gasteiger charge is -2.11. The third-order valence-electron chi connectivity index (χ3n) is 2.06. The molecule has 1 aromatic heterocycles. The maximum atomic E-state index is 12.0. The van der Waals surface area contributed by atoms with Gasteiger partial charge in [0.05, 0.1) is 5.69 Å². The Morgan fingerprint density at radius 3 is 2.52 bits per heavy atom. The van der Waals surface area contributed by atoms with Gasteiger partial charge in [-0.25, -0.2) is 9.78 Å². The number of nitrogens with one attached hydrogen (secondary N) is 3. The summed E-state index contributed by atoms with van der Waals surface area (Å²) in [7, 11) is 0. The summed E-state index contributed by atoms with van der Waals surface area (Å²) in [5.74, 6) is -0.347. The number of alkyl halides is 3. The summed E-state index contributed by atoms with van der Waals surface area (Å²) in [4.78, 5) is 15.3. The van der Waals surface area contributed by atoms with Crippen LogP contribution < -0.4 is 20.9 Å². The fourth-order valence-corrected chi connectivity index (χ4v) is 1.81. The number of anilines is 2. The summed E-state index contributed by atoms with van der Waals surface area (Å²) in [5.41, 5.74) is 5.22. The van der Waals surface area contributed by atoms with Gasteiger partial charge in [0.2, 0.25) is 0 Å². The van der Waals surface area contributed by atoms with Crippen molar-refractivity contribution < 1.29 is 22.7 Å². The first-order chi connectivity index (χ1) is 9.92. The number of aromatic nitrogens is 1. The molecular formula is C11H9F3N4O2S. The Morgan fingerprint density at radius 2 is 1.95 bits per heavy atom. The van der Waals surface area contributed by atoms with E-state index in [1.165, 1.54) is 29.7 Å². The predicted molar refractivity (Wildman–Crippen MR) is 71.0 cm³/mol. The monoisotopic (exact) mass is 318 g/mol. The van der Waals surface area contributed by atoms with Crippen LogP contribution in [-0.2, 0) is 0 Å². The number of hydrazine groups is 1. The molecule has 0 radical (unpaired) electrons. The summed E-state index contributed by atoms with van der Waals surface area (Å²) >= 11 is 1.25. The second-order valence-corrected chi connectivity index (χ2v) is 4.51. The highest BCUT2D eigenvalue weighted by atomic mass is 32.1. The van der Waals surface area contributed by atoms with E-state index in [0.717, 1.165) is 12.1 Å². The molecule has 2 aromatic rings. The number of hydrogen-bond donors (Lipinski definition) is 3. The van der Waals surface area contributed by atoms with Crippen molar-refractivity contribution in [2.75, 3.05) is 10.7 Å². The number of carbonyl (C=O) groups is 1. The molecule has 0 spiro atoms. The van der Waals surface area contributed by atoms with Gasteiger partial charge in [0.1, 0.15) is 5.75 Å². The first-order valence-corrected chi connectivity index (χ1v) is 6.39. The van der Waals surface area contributed by atoms with Gasteiger partial charge in [-0.2, -0.15) is 0 Å². The van der Waals surface area contributed by atoms with Crippen LogP contribution in [0.15, 0.2) is 35.8 Å². The molecule has 1 aromatic carbocycles. The molecule has 1 heterocycles. The topological polar surface area (TPSA) is 75.3 Å². The lowest BCUT2D eigenvalue weighted by Crippen LogP contribution is -2.33. The highest BCUT2D eigenvalue weighted by Crippen LogP contribution is 2.23. The van der Waals surface area contributed by atoms with Crippen LogP contribution in [0, 0.1) is 0 Å². The van der Waals surface area contributed by atoms with E-state index in [1.807, 2.05) is 0 Å². The summed E-state index contributed by atoms with van der Waals surface area (Å²) in [6, 6.07) is 4.34. The van der Waals surface area contributed by atoms with Gasteiger partial charge in [0, 0.05) is 11.6 Å². The van der Waals surface area contributed by atoms with Crippen molar-refractivity contribution in [3.63, 3.8) is 0 Å². The zero-order valence-electron chi connectivity index (χ0n) is 10.3. The molecule has 0 unspecified atom stereocenters. The maximum absolute atomic E-state index is 12.0. The number of thiazole rings is 1. The minimum Gasteiger partial charge on any atom is -0.406 e. The Balaban J connectivity index is 1.82. The van der Waals surface area contributed by atoms with Crippen molar-refractivity contribution in [3.8, 4) is 5.75 Å². The van der Waals surface area contributed by atoms with Crippen molar-refractivity contribution in [1.82, 2.24) is 10.4 Å². The van der Waals surface area contributed by atoms with Crippen molar-refractivity contribution >= 4 is 28.2 Å². The SMILES string of the molecule is O=C(NNc1ccc(OC(F)(F)F)cc1)Nc1nccs1. The quantitative estimate of drug-likeness (QED) is 0.757. The fourth-order valence-electron chi connectivity index (χ4n) is 1.28. The maximum Gasteiger partial charge on any atom is 0.573 e. The Hall–Kier alpha value is -2.49. The third-order valence-corrected chi connectivity index (χ3v) is 2.75. The van der Waals surface area contributed by atoms with E-state index in [-0.39, 0.29) is 5.75 Å². The third kappa shape index (κ3) is 5.18. The molecule has 0 aliphatic rings. The number of ether oxygens (including phenoxy) is 1. The first-order valence-electron chi connectivity index (χ1n) is 5.51. The molecule has 2 amide bonds. The van der Waals surface area contributed by atoms with E-state index >= 15 is 0 Å². The Morgan fingerprint density at radius 1 is 1.24 bits per heavy atom. The summed E-state index contributed by atoms with van der Waals surface area (Å²) in [6.07, 6.45) is -3.20. The molecule has 0 fully saturated rings. The van der Waals surface area contributed by atoms with Crippen LogP contribution in [-0.4, -0.2) is 17.4 Å². The highest BCUT2D eigenvalue weighted by molar-refractivity contribution is 7.13. The number of nitrogens with zero attached hydrogens (tertiary/aromatic N) is 1. The number of halogens is 3. The molecule has 0 aliphatic heterocycles. The van der Waals surface area contributed by atoms with Crippen molar-refractivity contribution in [3.05, 3.63) is 35.8 Å². The highest BCUT2D eigenvalue weighted by Gasteiger charge is 2.30. The molecule has 0 saturated heterocycles. The van der Waals surface area contributed by atoms with Gasteiger partial charge in [-0.1, -0.05) is 0 Å². The average Bonchev–Trinajstić information content (AvgIpc) is 2.89. The largest absolute Gasteiger partial charge is 0.573 e. The van der Waals surface area contributed by atoms with Gasteiger partial charge in [-0.05, 0) is 24.3 Å². The lowest BCUT2D eigenvalue weighted by atomic mass is 10.3. The standard InChI is InChI=1S/C11H9F3N4O2S/c12-11(13,14)20-8-3-1-7(2-4-8)17-18-9(19)16-10-15-5-6-21-10/h1-6,17H,(H2,15,16,18,19). The molecular weight excluding hydrogens is 309 g/mol. The van der Waals surface area contributed by atoms with Gasteiger partial charge in [-0.3, -0.25) is 16.2 Å². The summed E-state index contributed by atoms with van der Waals surface area (Å²) < 4.78 is 39.6. The predicted octanol–water partition coefficient (Wildman–Crippen LogP) is 3.19. The number of urea groups is 1. The molecule has 10 heteroatoms. The van der Waals surface area contributed by atoms with Crippen molar-refractivity contribution in [2.45, 2.75) is 6.36 Å². The van der Waals surface area contributed by atoms with Crippen LogP contribution in [0.4, 0.5) is 28.8 Å². The van der Waals surface area contributed by atoms with Gasteiger partial charge in [-0.15, -0.1) is 24.5 Å². The molecule has 112 valence electrons. The molecule has 0 aliphatic carbocycles. The van der Waals surface area contributed by atoms with E-state index in [9.17, 15) is 18.0 Å². The van der Waals surface area contributed by atoms with E-state index in [4.69, 9.17) is 0 Å². The van der Waals surface area contributed by atoms with Crippen LogP contribution in [0.2, 0.25) is 0 Å².